The minimum atomic E-state index is 0.145. The number of aromatic nitrogens is 1. The molecule has 0 amide bonds. The predicted molar refractivity (Wildman–Crippen MR) is 91.1 cm³/mol. The summed E-state index contributed by atoms with van der Waals surface area (Å²) in [6.07, 6.45) is 4.89. The molecule has 0 bridgehead atoms. The molecular formula is C17H30N2OS. The topological polar surface area (TPSA) is 36.4 Å². The van der Waals surface area contributed by atoms with Crippen LogP contribution in [0, 0.1) is 11.8 Å². The average Bonchev–Trinajstić information content (AvgIpc) is 3.18. The molecule has 2 rings (SSSR count). The Balaban J connectivity index is 2.10. The summed E-state index contributed by atoms with van der Waals surface area (Å²) in [6, 6.07) is 0. The van der Waals surface area contributed by atoms with Crippen LogP contribution < -0.4 is 4.90 Å². The van der Waals surface area contributed by atoms with Crippen molar-refractivity contribution in [3.05, 3.63) is 10.6 Å². The number of hydrogen-bond acceptors (Lipinski definition) is 4. The molecule has 1 aliphatic rings. The molecule has 1 saturated carbocycles. The van der Waals surface area contributed by atoms with E-state index < -0.39 is 0 Å². The van der Waals surface area contributed by atoms with Crippen LogP contribution >= 0.6 is 11.3 Å². The summed E-state index contributed by atoms with van der Waals surface area (Å²) < 4.78 is 0. The third-order valence-electron chi connectivity index (χ3n) is 4.05. The lowest BCUT2D eigenvalue weighted by molar-refractivity contribution is 0.284. The van der Waals surface area contributed by atoms with Gasteiger partial charge in [-0.1, -0.05) is 39.0 Å². The molecule has 0 aromatic carbocycles. The van der Waals surface area contributed by atoms with Gasteiger partial charge >= 0.3 is 0 Å². The van der Waals surface area contributed by atoms with Crippen molar-refractivity contribution in [1.29, 1.82) is 0 Å². The fourth-order valence-electron chi connectivity index (χ4n) is 2.41. The molecule has 1 aromatic heterocycles. The first kappa shape index (κ1) is 16.8. The fourth-order valence-corrected chi connectivity index (χ4v) is 3.46. The summed E-state index contributed by atoms with van der Waals surface area (Å²) >= 11 is 1.70. The van der Waals surface area contributed by atoms with Crippen molar-refractivity contribution in [2.45, 2.75) is 65.9 Å². The van der Waals surface area contributed by atoms with Crippen LogP contribution in [0.15, 0.2) is 0 Å². The maximum Gasteiger partial charge on any atom is 0.185 e. The van der Waals surface area contributed by atoms with Crippen LogP contribution in [-0.4, -0.2) is 23.2 Å². The molecule has 3 nitrogen and oxygen atoms in total. The highest BCUT2D eigenvalue weighted by Crippen LogP contribution is 2.44. The zero-order valence-electron chi connectivity index (χ0n) is 13.9. The summed E-state index contributed by atoms with van der Waals surface area (Å²) in [6.45, 7) is 11.4. The number of rotatable bonds is 9. The average molecular weight is 311 g/mol. The Bertz CT molecular complexity index is 426. The van der Waals surface area contributed by atoms with Gasteiger partial charge in [0.05, 0.1) is 17.2 Å². The quantitative estimate of drug-likeness (QED) is 0.734. The first-order valence-electron chi connectivity index (χ1n) is 8.36. The van der Waals surface area contributed by atoms with E-state index in [2.05, 4.69) is 32.6 Å². The van der Waals surface area contributed by atoms with Crippen LogP contribution in [0.25, 0.3) is 0 Å². The second kappa shape index (κ2) is 7.59. The van der Waals surface area contributed by atoms with Crippen molar-refractivity contribution in [2.24, 2.45) is 11.8 Å². The van der Waals surface area contributed by atoms with Crippen LogP contribution in [0.1, 0.15) is 69.9 Å². The smallest absolute Gasteiger partial charge is 0.185 e. The lowest BCUT2D eigenvalue weighted by Crippen LogP contribution is -2.27. The number of aliphatic hydroxyl groups is 1. The van der Waals surface area contributed by atoms with Crippen LogP contribution in [0.3, 0.4) is 0 Å². The number of thiazole rings is 1. The Morgan fingerprint density at radius 3 is 2.14 bits per heavy atom. The standard InChI is InChI=1S/C17H30N2OS/c1-12(2)7-9-19(10-8-13(3)4)17-18-16(14-5-6-14)15(11-20)21-17/h12-14,20H,5-11H2,1-4H3. The SMILES string of the molecule is CC(C)CCN(CCC(C)C)c1nc(C2CC2)c(CO)s1. The van der Waals surface area contributed by atoms with Crippen molar-refractivity contribution in [1.82, 2.24) is 4.98 Å². The first-order chi connectivity index (χ1) is 10.0. The van der Waals surface area contributed by atoms with E-state index in [9.17, 15) is 5.11 Å². The number of aliphatic hydroxyl groups excluding tert-OH is 1. The van der Waals surface area contributed by atoms with Crippen molar-refractivity contribution >= 4 is 16.5 Å². The first-order valence-corrected chi connectivity index (χ1v) is 9.18. The van der Waals surface area contributed by atoms with E-state index in [4.69, 9.17) is 4.98 Å². The summed E-state index contributed by atoms with van der Waals surface area (Å²) in [4.78, 5) is 8.41. The molecule has 0 radical (unpaired) electrons. The molecule has 4 heteroatoms. The van der Waals surface area contributed by atoms with Crippen LogP contribution in [0.4, 0.5) is 5.13 Å². The molecule has 1 fully saturated rings. The van der Waals surface area contributed by atoms with Gasteiger partial charge in [0, 0.05) is 19.0 Å². The minimum Gasteiger partial charge on any atom is -0.391 e. The molecule has 0 atom stereocenters. The Kier molecular flexibility index (Phi) is 6.06. The van der Waals surface area contributed by atoms with E-state index in [0.717, 1.165) is 23.1 Å². The van der Waals surface area contributed by atoms with E-state index in [1.165, 1.54) is 31.4 Å². The lowest BCUT2D eigenvalue weighted by atomic mass is 10.1. The zero-order chi connectivity index (χ0) is 15.4. The summed E-state index contributed by atoms with van der Waals surface area (Å²) in [5, 5.41) is 10.7. The molecule has 1 aromatic rings. The largest absolute Gasteiger partial charge is 0.391 e. The van der Waals surface area contributed by atoms with Gasteiger partial charge in [-0.15, -0.1) is 0 Å². The molecule has 1 heterocycles. The zero-order valence-corrected chi connectivity index (χ0v) is 14.7. The number of nitrogens with zero attached hydrogens (tertiary/aromatic N) is 2. The second-order valence-electron chi connectivity index (χ2n) is 7.09. The molecule has 1 aliphatic carbocycles. The maximum absolute atomic E-state index is 9.58. The molecule has 0 spiro atoms. The highest BCUT2D eigenvalue weighted by molar-refractivity contribution is 7.15. The van der Waals surface area contributed by atoms with Gasteiger partial charge in [0.15, 0.2) is 5.13 Å². The van der Waals surface area contributed by atoms with Gasteiger partial charge in [-0.3, -0.25) is 0 Å². The molecular weight excluding hydrogens is 280 g/mol. The van der Waals surface area contributed by atoms with Crippen molar-refractivity contribution < 1.29 is 5.11 Å². The second-order valence-corrected chi connectivity index (χ2v) is 8.15. The van der Waals surface area contributed by atoms with E-state index in [-0.39, 0.29) is 6.61 Å². The van der Waals surface area contributed by atoms with Gasteiger partial charge in [0.2, 0.25) is 0 Å². The van der Waals surface area contributed by atoms with Crippen LogP contribution in [0.5, 0.6) is 0 Å². The van der Waals surface area contributed by atoms with Crippen molar-refractivity contribution in [3.8, 4) is 0 Å². The Hall–Kier alpha value is -0.610. The van der Waals surface area contributed by atoms with Gasteiger partial charge in [-0.05, 0) is 37.5 Å². The summed E-state index contributed by atoms with van der Waals surface area (Å²) in [5.74, 6) is 2.05. The predicted octanol–water partition coefficient (Wildman–Crippen LogP) is 4.41. The highest BCUT2D eigenvalue weighted by atomic mass is 32.1. The fraction of sp³-hybridized carbons (Fsp3) is 0.824. The van der Waals surface area contributed by atoms with Crippen molar-refractivity contribution in [2.75, 3.05) is 18.0 Å². The number of anilines is 1. The minimum absolute atomic E-state index is 0.145. The molecule has 120 valence electrons. The maximum atomic E-state index is 9.58. The molecule has 0 aliphatic heterocycles. The Morgan fingerprint density at radius 1 is 1.14 bits per heavy atom. The van der Waals surface area contributed by atoms with Gasteiger partial charge in [0.25, 0.3) is 0 Å². The van der Waals surface area contributed by atoms with E-state index in [0.29, 0.717) is 17.8 Å². The third-order valence-corrected chi connectivity index (χ3v) is 5.16. The van der Waals surface area contributed by atoms with Gasteiger partial charge in [0.1, 0.15) is 0 Å². The summed E-state index contributed by atoms with van der Waals surface area (Å²) in [7, 11) is 0. The molecule has 21 heavy (non-hydrogen) atoms. The monoisotopic (exact) mass is 310 g/mol. The van der Waals surface area contributed by atoms with Gasteiger partial charge in [-0.25, -0.2) is 4.98 Å². The number of hydrogen-bond donors (Lipinski definition) is 1. The van der Waals surface area contributed by atoms with Crippen molar-refractivity contribution in [3.63, 3.8) is 0 Å². The Morgan fingerprint density at radius 2 is 1.71 bits per heavy atom. The molecule has 0 unspecified atom stereocenters. The molecule has 0 saturated heterocycles. The van der Waals surface area contributed by atoms with E-state index >= 15 is 0 Å². The third kappa shape index (κ3) is 4.96. The van der Waals surface area contributed by atoms with Crippen LogP contribution in [0.2, 0.25) is 0 Å². The Labute approximate surface area is 133 Å². The van der Waals surface area contributed by atoms with Gasteiger partial charge in [-0.2, -0.15) is 0 Å². The van der Waals surface area contributed by atoms with E-state index in [1.807, 2.05) is 0 Å². The summed E-state index contributed by atoms with van der Waals surface area (Å²) in [5.41, 5.74) is 1.18. The molecule has 1 N–H and O–H groups in total. The van der Waals surface area contributed by atoms with E-state index in [1.54, 1.807) is 11.3 Å². The highest BCUT2D eigenvalue weighted by Gasteiger charge is 2.30. The lowest BCUT2D eigenvalue weighted by Gasteiger charge is -2.23. The van der Waals surface area contributed by atoms with Gasteiger partial charge < -0.3 is 10.0 Å². The van der Waals surface area contributed by atoms with Crippen LogP contribution in [-0.2, 0) is 6.61 Å². The normalized spacial score (nSPS) is 15.2.